The van der Waals surface area contributed by atoms with Gasteiger partial charge in [0.25, 0.3) is 0 Å². The highest BCUT2D eigenvalue weighted by Crippen LogP contribution is 2.74. The summed E-state index contributed by atoms with van der Waals surface area (Å²) in [4.78, 5) is 35.5. The Morgan fingerprint density at radius 2 is 1.43 bits per heavy atom. The molecule has 234 valence electrons. The zero-order chi connectivity index (χ0) is 32.2. The monoisotopic (exact) mass is 601 g/mol. The predicted octanol–water partition coefficient (Wildman–Crippen LogP) is 5.10. The Bertz CT molecular complexity index is 1540. The molecule has 9 nitrogen and oxygen atoms in total. The van der Waals surface area contributed by atoms with Crippen LogP contribution in [0.2, 0.25) is 0 Å². The number of carbonyl (C=O) groups is 3. The van der Waals surface area contributed by atoms with Crippen LogP contribution in [0.4, 0.5) is 0 Å². The van der Waals surface area contributed by atoms with E-state index in [4.69, 9.17) is 14.2 Å². The van der Waals surface area contributed by atoms with E-state index in [1.165, 1.54) is 0 Å². The van der Waals surface area contributed by atoms with E-state index in [2.05, 4.69) is 59.8 Å². The smallest absolute Gasteiger partial charge is 0.327 e. The summed E-state index contributed by atoms with van der Waals surface area (Å²) in [5.74, 6) is 1.39. The quantitative estimate of drug-likeness (QED) is 0.273. The summed E-state index contributed by atoms with van der Waals surface area (Å²) >= 11 is 0. The van der Waals surface area contributed by atoms with Gasteiger partial charge in [-0.15, -0.1) is 0 Å². The second kappa shape index (κ2) is 8.17. The maximum absolute atomic E-state index is 12.0. The molecule has 9 rings (SSSR count). The van der Waals surface area contributed by atoms with Crippen LogP contribution >= 0.6 is 0 Å². The van der Waals surface area contributed by atoms with Crippen molar-refractivity contribution < 1.29 is 28.6 Å². The van der Waals surface area contributed by atoms with Crippen LogP contribution < -0.4 is 0 Å². The van der Waals surface area contributed by atoms with Gasteiger partial charge in [0.1, 0.15) is 17.8 Å². The number of carbonyl (C=O) groups excluding carboxylic acids is 3. The number of rotatable bonds is 0. The summed E-state index contributed by atoms with van der Waals surface area (Å²) in [5, 5.41) is 27.9. The molecule has 15 unspecified atom stereocenters. The third-order valence-corrected chi connectivity index (χ3v) is 15.7. The number of hydrogen-bond donors (Lipinski definition) is 0. The first kappa shape index (κ1) is 29.6. The van der Waals surface area contributed by atoms with Crippen molar-refractivity contribution in [3.63, 3.8) is 0 Å². The van der Waals surface area contributed by atoms with Gasteiger partial charge < -0.3 is 14.2 Å². The summed E-state index contributed by atoms with van der Waals surface area (Å²) < 4.78 is 16.4. The fourth-order valence-electron chi connectivity index (χ4n) is 12.5. The van der Waals surface area contributed by atoms with Gasteiger partial charge in [-0.25, -0.2) is 0 Å². The Balaban J connectivity index is 0.000000107. The molecule has 3 heterocycles. The number of ether oxygens (including phenoxy) is 3. The highest BCUT2D eigenvalue weighted by Gasteiger charge is 2.80. The Hall–Kier alpha value is -3.12. The SMILES string of the molecule is CC1(C)C2CC3C(C#N)(C2)C(=O)OC31C.CC1C2CC3(C)C1OC(=O)C3(C#N)C2C.CC1C2OC(=O)C3(C#N)CC1(C)CC23. The molecule has 3 saturated heterocycles. The lowest BCUT2D eigenvalue weighted by Gasteiger charge is -2.43. The van der Waals surface area contributed by atoms with Crippen LogP contribution in [-0.4, -0.2) is 35.7 Å². The number of fused-ring (bicyclic) bond motifs is 3. The van der Waals surface area contributed by atoms with Gasteiger partial charge in [0.05, 0.1) is 18.2 Å². The second-order valence-corrected chi connectivity index (χ2v) is 17.1. The summed E-state index contributed by atoms with van der Waals surface area (Å²) in [7, 11) is 0. The van der Waals surface area contributed by atoms with Gasteiger partial charge in [-0.05, 0) is 74.0 Å². The first-order chi connectivity index (χ1) is 20.4. The Kier molecular flexibility index (Phi) is 5.50. The standard InChI is InChI=1S/2C12H15NO2.C11H13NO2/c1-10(2)7-4-8-11(10,3)15-9(14)12(8,5-7)6-13;1-6-8-4-11(3)9(6)15-10(14)12(11,5-13)7(8)2;1-6-8-7-3-10(6,2)4-11(7,5-12)9(13)14-8/h7-8H,4-5H2,1-3H3;6-9H,4H2,1-3H3;6-8H,3-4H2,1-2H3. The van der Waals surface area contributed by atoms with E-state index in [9.17, 15) is 30.2 Å². The van der Waals surface area contributed by atoms with Gasteiger partial charge in [0.15, 0.2) is 16.2 Å². The van der Waals surface area contributed by atoms with Crippen LogP contribution in [0.3, 0.4) is 0 Å². The predicted molar refractivity (Wildman–Crippen MR) is 153 cm³/mol. The van der Waals surface area contributed by atoms with Crippen molar-refractivity contribution in [1.82, 2.24) is 0 Å². The van der Waals surface area contributed by atoms with E-state index in [0.29, 0.717) is 36.5 Å². The molecule has 0 aromatic carbocycles. The minimum Gasteiger partial charge on any atom is -0.460 e. The molecular formula is C35H43N3O6. The molecule has 6 saturated carbocycles. The molecule has 0 spiro atoms. The van der Waals surface area contributed by atoms with Crippen molar-refractivity contribution in [1.29, 1.82) is 15.8 Å². The van der Waals surface area contributed by atoms with E-state index < -0.39 is 21.8 Å². The first-order valence-corrected chi connectivity index (χ1v) is 16.3. The molecule has 0 radical (unpaired) electrons. The second-order valence-electron chi connectivity index (χ2n) is 17.1. The minimum atomic E-state index is -0.852. The van der Waals surface area contributed by atoms with Crippen molar-refractivity contribution in [2.24, 2.45) is 73.9 Å². The average Bonchev–Trinajstić information content (AvgIpc) is 3.80. The summed E-state index contributed by atoms with van der Waals surface area (Å²) in [6.07, 6.45) is 4.33. The lowest BCUT2D eigenvalue weighted by molar-refractivity contribution is -0.157. The van der Waals surface area contributed by atoms with Crippen molar-refractivity contribution in [2.75, 3.05) is 0 Å². The lowest BCUT2D eigenvalue weighted by atomic mass is 9.59. The average molecular weight is 602 g/mol. The van der Waals surface area contributed by atoms with Crippen LogP contribution in [0.25, 0.3) is 0 Å². The molecule has 6 aliphatic carbocycles. The number of nitrogens with zero attached hydrogens (tertiary/aromatic N) is 3. The Labute approximate surface area is 259 Å². The van der Waals surface area contributed by atoms with Gasteiger partial charge in [0, 0.05) is 22.7 Å². The Morgan fingerprint density at radius 1 is 0.773 bits per heavy atom. The van der Waals surface area contributed by atoms with Crippen LogP contribution in [0.1, 0.15) is 87.5 Å². The number of hydrogen-bond acceptors (Lipinski definition) is 9. The summed E-state index contributed by atoms with van der Waals surface area (Å²) in [6.45, 7) is 16.9. The van der Waals surface area contributed by atoms with E-state index >= 15 is 0 Å². The topological polar surface area (TPSA) is 150 Å². The minimum absolute atomic E-state index is 0.0147. The molecule has 6 bridgehead atoms. The highest BCUT2D eigenvalue weighted by atomic mass is 16.6. The summed E-state index contributed by atoms with van der Waals surface area (Å²) in [6, 6.07) is 6.75. The van der Waals surface area contributed by atoms with Crippen molar-refractivity contribution in [2.45, 2.75) is 105 Å². The van der Waals surface area contributed by atoms with Gasteiger partial charge in [-0.1, -0.05) is 48.5 Å². The van der Waals surface area contributed by atoms with E-state index in [1.54, 1.807) is 0 Å². The molecule has 0 aromatic rings. The van der Waals surface area contributed by atoms with Crippen LogP contribution in [0, 0.1) is 108 Å². The maximum Gasteiger partial charge on any atom is 0.327 e. The van der Waals surface area contributed by atoms with Gasteiger partial charge in [-0.2, -0.15) is 15.8 Å². The molecule has 9 fully saturated rings. The molecule has 44 heavy (non-hydrogen) atoms. The molecule has 0 amide bonds. The van der Waals surface area contributed by atoms with E-state index in [-0.39, 0.29) is 64.1 Å². The fraction of sp³-hybridized carbons (Fsp3) is 0.829. The third-order valence-electron chi connectivity index (χ3n) is 15.7. The number of nitriles is 3. The van der Waals surface area contributed by atoms with Gasteiger partial charge in [-0.3, -0.25) is 14.4 Å². The number of esters is 3. The first-order valence-electron chi connectivity index (χ1n) is 16.3. The molecule has 0 N–H and O–H groups in total. The zero-order valence-corrected chi connectivity index (χ0v) is 27.0. The lowest BCUT2D eigenvalue weighted by Crippen LogP contribution is -2.48. The highest BCUT2D eigenvalue weighted by molar-refractivity contribution is 5.86. The largest absolute Gasteiger partial charge is 0.460 e. The zero-order valence-electron chi connectivity index (χ0n) is 27.0. The van der Waals surface area contributed by atoms with Gasteiger partial charge >= 0.3 is 17.9 Å². The molecule has 9 aliphatic rings. The molecule has 3 aliphatic heterocycles. The van der Waals surface area contributed by atoms with Crippen LogP contribution in [-0.2, 0) is 28.6 Å². The van der Waals surface area contributed by atoms with Crippen molar-refractivity contribution in [3.05, 3.63) is 0 Å². The van der Waals surface area contributed by atoms with Crippen LogP contribution in [0.15, 0.2) is 0 Å². The third kappa shape index (κ3) is 2.77. The van der Waals surface area contributed by atoms with Crippen molar-refractivity contribution in [3.8, 4) is 18.2 Å². The normalized spacial score (nSPS) is 57.8. The van der Waals surface area contributed by atoms with Crippen LogP contribution in [0.5, 0.6) is 0 Å². The Morgan fingerprint density at radius 3 is 1.98 bits per heavy atom. The van der Waals surface area contributed by atoms with E-state index in [1.807, 2.05) is 13.8 Å². The fourth-order valence-corrected chi connectivity index (χ4v) is 12.5. The molecule has 9 heteroatoms. The van der Waals surface area contributed by atoms with E-state index in [0.717, 1.165) is 19.3 Å². The van der Waals surface area contributed by atoms with Gasteiger partial charge in [0.2, 0.25) is 0 Å². The maximum atomic E-state index is 12.0. The summed E-state index contributed by atoms with van der Waals surface area (Å²) in [5.41, 5.74) is -2.93. The molecular weight excluding hydrogens is 558 g/mol. The van der Waals surface area contributed by atoms with Crippen molar-refractivity contribution >= 4 is 17.9 Å². The molecule has 15 atom stereocenters. The molecule has 0 aromatic heterocycles.